The maximum absolute atomic E-state index is 2.26. The number of hydrogen-bond donors (Lipinski definition) is 0. The van der Waals surface area contributed by atoms with Crippen LogP contribution in [0.1, 0.15) is 25.3 Å². The molecule has 2 aromatic rings. The van der Waals surface area contributed by atoms with Gasteiger partial charge in [-0.25, -0.2) is 0 Å². The van der Waals surface area contributed by atoms with E-state index in [9.17, 15) is 0 Å². The molecule has 0 amide bonds. The van der Waals surface area contributed by atoms with Crippen molar-refractivity contribution >= 4 is 22.1 Å². The lowest BCUT2D eigenvalue weighted by atomic mass is 10.0. The fourth-order valence-electron chi connectivity index (χ4n) is 1.64. The monoisotopic (exact) mass is 190 g/mol. The molecule has 0 nitrogen and oxygen atoms in total. The smallest absolute Gasteiger partial charge is 0.00117 e. The van der Waals surface area contributed by atoms with Gasteiger partial charge < -0.3 is 0 Å². The van der Waals surface area contributed by atoms with E-state index in [1.807, 2.05) is 0 Å². The number of benzene rings is 1. The second kappa shape index (κ2) is 3.93. The number of unbranched alkanes of at least 4 members (excludes halogenated alkanes) is 1. The Balaban J connectivity index is 2.37. The molecule has 0 atom stereocenters. The summed E-state index contributed by atoms with van der Waals surface area (Å²) >= 11 is 1.80. The first kappa shape index (κ1) is 8.76. The van der Waals surface area contributed by atoms with Crippen molar-refractivity contribution in [3.63, 3.8) is 0 Å². The molecule has 0 N–H and O–H groups in total. The van der Waals surface area contributed by atoms with Crippen LogP contribution in [0.15, 0.2) is 29.0 Å². The minimum atomic E-state index is 1.23. The van der Waals surface area contributed by atoms with Crippen LogP contribution in [0.4, 0.5) is 0 Å². The van der Waals surface area contributed by atoms with E-state index in [0.717, 1.165) is 0 Å². The molecule has 0 unspecified atom stereocenters. The molecular formula is C12H14S. The molecule has 0 aliphatic carbocycles. The maximum Gasteiger partial charge on any atom is -0.00117 e. The maximum atomic E-state index is 2.26. The van der Waals surface area contributed by atoms with Crippen molar-refractivity contribution in [3.8, 4) is 0 Å². The van der Waals surface area contributed by atoms with E-state index in [2.05, 4.69) is 35.9 Å². The molecule has 1 aromatic carbocycles. The number of aryl methyl sites for hydroxylation is 1. The van der Waals surface area contributed by atoms with Crippen LogP contribution in [0.25, 0.3) is 10.8 Å². The second-order valence-corrected chi connectivity index (χ2v) is 4.14. The van der Waals surface area contributed by atoms with Crippen molar-refractivity contribution in [2.45, 2.75) is 26.2 Å². The molecule has 0 bridgehead atoms. The Bertz CT molecular complexity index is 387. The molecule has 2 rings (SSSR count). The van der Waals surface area contributed by atoms with E-state index < -0.39 is 0 Å². The molecular weight excluding hydrogens is 176 g/mol. The van der Waals surface area contributed by atoms with Gasteiger partial charge in [0, 0.05) is 0 Å². The predicted octanol–water partition coefficient (Wildman–Crippen LogP) is 4.24. The van der Waals surface area contributed by atoms with Crippen molar-refractivity contribution in [1.82, 2.24) is 0 Å². The number of thiophene rings is 1. The van der Waals surface area contributed by atoms with Gasteiger partial charge >= 0.3 is 0 Å². The summed E-state index contributed by atoms with van der Waals surface area (Å²) in [6.45, 7) is 2.24. The van der Waals surface area contributed by atoms with Gasteiger partial charge in [-0.1, -0.05) is 31.5 Å². The zero-order valence-corrected chi connectivity index (χ0v) is 8.73. The van der Waals surface area contributed by atoms with Crippen molar-refractivity contribution < 1.29 is 0 Å². The quantitative estimate of drug-likeness (QED) is 0.679. The van der Waals surface area contributed by atoms with Crippen LogP contribution in [-0.2, 0) is 6.42 Å². The van der Waals surface area contributed by atoms with Crippen molar-refractivity contribution in [3.05, 3.63) is 34.5 Å². The van der Waals surface area contributed by atoms with Crippen LogP contribution in [0.3, 0.4) is 0 Å². The molecule has 1 aromatic heterocycles. The Kier molecular flexibility index (Phi) is 2.65. The van der Waals surface area contributed by atoms with Crippen molar-refractivity contribution in [1.29, 1.82) is 0 Å². The predicted molar refractivity (Wildman–Crippen MR) is 60.4 cm³/mol. The first-order valence-electron chi connectivity index (χ1n) is 4.85. The minimum Gasteiger partial charge on any atom is -0.151 e. The minimum absolute atomic E-state index is 1.23. The van der Waals surface area contributed by atoms with Gasteiger partial charge in [0.15, 0.2) is 0 Å². The lowest BCUT2D eigenvalue weighted by Gasteiger charge is -2.01. The van der Waals surface area contributed by atoms with Gasteiger partial charge in [0.1, 0.15) is 0 Å². The van der Waals surface area contributed by atoms with Gasteiger partial charge in [-0.3, -0.25) is 0 Å². The summed E-state index contributed by atoms with van der Waals surface area (Å²) in [5.41, 5.74) is 1.51. The Labute approximate surface area is 83.2 Å². The summed E-state index contributed by atoms with van der Waals surface area (Å²) in [6, 6.07) is 6.62. The number of hydrogen-bond acceptors (Lipinski definition) is 1. The molecule has 0 saturated heterocycles. The van der Waals surface area contributed by atoms with Crippen LogP contribution < -0.4 is 0 Å². The van der Waals surface area contributed by atoms with E-state index in [4.69, 9.17) is 0 Å². The Morgan fingerprint density at radius 2 is 2.15 bits per heavy atom. The molecule has 1 heterocycles. The number of fused-ring (bicyclic) bond motifs is 1. The molecule has 68 valence electrons. The van der Waals surface area contributed by atoms with E-state index in [1.165, 1.54) is 35.6 Å². The molecule has 0 radical (unpaired) electrons. The average Bonchev–Trinajstić information content (AvgIpc) is 2.62. The summed E-state index contributed by atoms with van der Waals surface area (Å²) in [5.74, 6) is 0. The fraction of sp³-hybridized carbons (Fsp3) is 0.333. The van der Waals surface area contributed by atoms with Crippen LogP contribution >= 0.6 is 11.3 Å². The molecule has 1 heteroatoms. The van der Waals surface area contributed by atoms with Crippen LogP contribution in [-0.4, -0.2) is 0 Å². The van der Waals surface area contributed by atoms with Gasteiger partial charge in [0.2, 0.25) is 0 Å². The Morgan fingerprint density at radius 1 is 1.23 bits per heavy atom. The third-order valence-electron chi connectivity index (χ3n) is 2.41. The third kappa shape index (κ3) is 1.75. The molecule has 0 fully saturated rings. The van der Waals surface area contributed by atoms with Crippen molar-refractivity contribution in [2.75, 3.05) is 0 Å². The van der Waals surface area contributed by atoms with Crippen LogP contribution in [0, 0.1) is 0 Å². The zero-order chi connectivity index (χ0) is 9.10. The SMILES string of the molecule is CCCCc1cccc2cscc12. The van der Waals surface area contributed by atoms with Crippen molar-refractivity contribution in [2.24, 2.45) is 0 Å². The van der Waals surface area contributed by atoms with E-state index >= 15 is 0 Å². The third-order valence-corrected chi connectivity index (χ3v) is 3.17. The first-order chi connectivity index (χ1) is 6.42. The molecule has 0 spiro atoms. The van der Waals surface area contributed by atoms with Gasteiger partial charge in [-0.15, -0.1) is 0 Å². The molecule has 13 heavy (non-hydrogen) atoms. The highest BCUT2D eigenvalue weighted by atomic mass is 32.1. The largest absolute Gasteiger partial charge is 0.151 e. The topological polar surface area (TPSA) is 0 Å². The van der Waals surface area contributed by atoms with Gasteiger partial charge in [-0.2, -0.15) is 11.3 Å². The summed E-state index contributed by atoms with van der Waals surface area (Å²) < 4.78 is 0. The summed E-state index contributed by atoms with van der Waals surface area (Å²) in [7, 11) is 0. The fourth-order valence-corrected chi connectivity index (χ4v) is 2.48. The normalized spacial score (nSPS) is 10.8. The highest BCUT2D eigenvalue weighted by Gasteiger charge is 1.99. The summed E-state index contributed by atoms with van der Waals surface area (Å²) in [5, 5.41) is 7.35. The number of rotatable bonds is 3. The Hall–Kier alpha value is -0.820. The van der Waals surface area contributed by atoms with Gasteiger partial charge in [-0.05, 0) is 39.9 Å². The highest BCUT2D eigenvalue weighted by molar-refractivity contribution is 7.09. The van der Waals surface area contributed by atoms with Gasteiger partial charge in [0.05, 0.1) is 0 Å². The lowest BCUT2D eigenvalue weighted by molar-refractivity contribution is 0.799. The zero-order valence-electron chi connectivity index (χ0n) is 7.92. The molecule has 0 aliphatic rings. The Morgan fingerprint density at radius 3 is 3.00 bits per heavy atom. The summed E-state index contributed by atoms with van der Waals surface area (Å²) in [4.78, 5) is 0. The molecule has 0 saturated carbocycles. The first-order valence-corrected chi connectivity index (χ1v) is 5.80. The standard InChI is InChI=1S/C12H14S/c1-2-3-5-10-6-4-7-11-8-13-9-12(10)11/h4,6-9H,2-3,5H2,1H3. The average molecular weight is 190 g/mol. The highest BCUT2D eigenvalue weighted by Crippen LogP contribution is 2.23. The van der Waals surface area contributed by atoms with E-state index in [0.29, 0.717) is 0 Å². The van der Waals surface area contributed by atoms with Crippen LogP contribution in [0.5, 0.6) is 0 Å². The lowest BCUT2D eigenvalue weighted by Crippen LogP contribution is -1.84. The van der Waals surface area contributed by atoms with Gasteiger partial charge in [0.25, 0.3) is 0 Å². The second-order valence-electron chi connectivity index (χ2n) is 3.40. The van der Waals surface area contributed by atoms with E-state index in [1.54, 1.807) is 11.3 Å². The summed E-state index contributed by atoms with van der Waals surface area (Å²) in [6.07, 6.45) is 3.81. The molecule has 0 aliphatic heterocycles. The van der Waals surface area contributed by atoms with E-state index in [-0.39, 0.29) is 0 Å². The van der Waals surface area contributed by atoms with Crippen LogP contribution in [0.2, 0.25) is 0 Å².